The predicted octanol–water partition coefficient (Wildman–Crippen LogP) is 2.59. The van der Waals surface area contributed by atoms with E-state index in [4.69, 9.17) is 5.26 Å². The molecule has 0 unspecified atom stereocenters. The second-order valence-electron chi connectivity index (χ2n) is 3.25. The maximum absolute atomic E-state index is 8.95. The Balaban J connectivity index is 2.60. The van der Waals surface area contributed by atoms with E-state index in [0.29, 0.717) is 4.60 Å². The van der Waals surface area contributed by atoms with Gasteiger partial charge in [-0.3, -0.25) is 0 Å². The Kier molecular flexibility index (Phi) is 2.32. The second-order valence-corrected chi connectivity index (χ2v) is 4.00. The van der Waals surface area contributed by atoms with Crippen LogP contribution in [0.25, 0.3) is 0 Å². The topological polar surface area (TPSA) is 36.7 Å². The van der Waals surface area contributed by atoms with Gasteiger partial charge < -0.3 is 0 Å². The van der Waals surface area contributed by atoms with Gasteiger partial charge >= 0.3 is 0 Å². The van der Waals surface area contributed by atoms with Crippen molar-refractivity contribution in [3.8, 4) is 6.07 Å². The average Bonchev–Trinajstić information content (AvgIpc) is 2.18. The van der Waals surface area contributed by atoms with Crippen LogP contribution in [0.2, 0.25) is 0 Å². The Morgan fingerprint density at radius 2 is 2.15 bits per heavy atom. The number of aryl methyl sites for hydroxylation is 1. The molecule has 0 radical (unpaired) electrons. The molecule has 2 rings (SSSR count). The lowest BCUT2D eigenvalue weighted by atomic mass is 9.91. The zero-order chi connectivity index (χ0) is 9.26. The van der Waals surface area contributed by atoms with E-state index < -0.39 is 0 Å². The van der Waals surface area contributed by atoms with Crippen LogP contribution in [0.3, 0.4) is 0 Å². The van der Waals surface area contributed by atoms with Crippen molar-refractivity contribution < 1.29 is 0 Å². The number of aromatic nitrogens is 1. The normalized spacial score (nSPS) is 14.8. The Morgan fingerprint density at radius 3 is 2.92 bits per heavy atom. The van der Waals surface area contributed by atoms with Gasteiger partial charge in [-0.2, -0.15) is 5.26 Å². The van der Waals surface area contributed by atoms with Crippen LogP contribution in [0, 0.1) is 11.3 Å². The highest BCUT2D eigenvalue weighted by Gasteiger charge is 2.15. The van der Waals surface area contributed by atoms with Crippen molar-refractivity contribution in [1.82, 2.24) is 4.98 Å². The molecule has 1 aromatic heterocycles. The summed E-state index contributed by atoms with van der Waals surface area (Å²) < 4.78 is 0.690. The largest absolute Gasteiger partial charge is 0.248 e. The molecule has 0 saturated heterocycles. The van der Waals surface area contributed by atoms with E-state index in [1.807, 2.05) is 6.20 Å². The molecule has 1 aromatic rings. The number of hydrogen-bond acceptors (Lipinski definition) is 2. The Hall–Kier alpha value is -0.880. The molecule has 1 aliphatic rings. The summed E-state index contributed by atoms with van der Waals surface area (Å²) in [6.45, 7) is 0. The summed E-state index contributed by atoms with van der Waals surface area (Å²) in [6, 6.07) is 2.21. The van der Waals surface area contributed by atoms with Crippen molar-refractivity contribution in [2.45, 2.75) is 25.7 Å². The van der Waals surface area contributed by atoms with Gasteiger partial charge in [0.05, 0.1) is 5.56 Å². The highest BCUT2D eigenvalue weighted by Crippen LogP contribution is 2.27. The van der Waals surface area contributed by atoms with E-state index in [-0.39, 0.29) is 0 Å². The maximum Gasteiger partial charge on any atom is 0.124 e. The summed E-state index contributed by atoms with van der Waals surface area (Å²) in [6.07, 6.45) is 6.41. The van der Waals surface area contributed by atoms with E-state index in [1.165, 1.54) is 24.0 Å². The number of halogens is 1. The predicted molar refractivity (Wildman–Crippen MR) is 53.3 cm³/mol. The van der Waals surface area contributed by atoms with Crippen LogP contribution in [0.5, 0.6) is 0 Å². The van der Waals surface area contributed by atoms with Gasteiger partial charge in [0, 0.05) is 6.20 Å². The fourth-order valence-corrected chi connectivity index (χ4v) is 2.22. The number of nitrogens with zero attached hydrogens (tertiary/aromatic N) is 2. The van der Waals surface area contributed by atoms with Crippen molar-refractivity contribution in [3.63, 3.8) is 0 Å². The van der Waals surface area contributed by atoms with Gasteiger partial charge in [0.25, 0.3) is 0 Å². The molecule has 0 amide bonds. The molecule has 1 aliphatic carbocycles. The van der Waals surface area contributed by atoms with Crippen LogP contribution in [0.4, 0.5) is 0 Å². The van der Waals surface area contributed by atoms with Crippen molar-refractivity contribution in [2.75, 3.05) is 0 Å². The van der Waals surface area contributed by atoms with Gasteiger partial charge in [-0.1, -0.05) is 0 Å². The molecule has 0 saturated carbocycles. The number of pyridine rings is 1. The summed E-state index contributed by atoms with van der Waals surface area (Å²) in [5.41, 5.74) is 3.19. The molecular weight excluding hydrogens is 228 g/mol. The van der Waals surface area contributed by atoms with Gasteiger partial charge in [0.15, 0.2) is 0 Å². The van der Waals surface area contributed by atoms with E-state index >= 15 is 0 Å². The van der Waals surface area contributed by atoms with E-state index in [9.17, 15) is 0 Å². The van der Waals surface area contributed by atoms with Crippen LogP contribution >= 0.6 is 15.9 Å². The maximum atomic E-state index is 8.95. The molecule has 0 atom stereocenters. The summed E-state index contributed by atoms with van der Waals surface area (Å²) in [7, 11) is 0. The molecule has 0 N–H and O–H groups in total. The molecule has 2 nitrogen and oxygen atoms in total. The molecule has 0 bridgehead atoms. The van der Waals surface area contributed by atoms with Crippen LogP contribution in [0.15, 0.2) is 10.8 Å². The molecular formula is C10H9BrN2. The fraction of sp³-hybridized carbons (Fsp3) is 0.400. The highest BCUT2D eigenvalue weighted by molar-refractivity contribution is 9.10. The minimum atomic E-state index is 0.690. The smallest absolute Gasteiger partial charge is 0.124 e. The van der Waals surface area contributed by atoms with E-state index in [2.05, 4.69) is 27.0 Å². The van der Waals surface area contributed by atoms with Crippen LogP contribution in [-0.4, -0.2) is 4.98 Å². The van der Waals surface area contributed by atoms with Gasteiger partial charge in [-0.05, 0) is 52.7 Å². The zero-order valence-electron chi connectivity index (χ0n) is 7.18. The van der Waals surface area contributed by atoms with Crippen LogP contribution < -0.4 is 0 Å². The molecule has 0 aromatic carbocycles. The zero-order valence-corrected chi connectivity index (χ0v) is 8.76. The van der Waals surface area contributed by atoms with Crippen molar-refractivity contribution in [2.24, 2.45) is 0 Å². The molecule has 0 fully saturated rings. The van der Waals surface area contributed by atoms with E-state index in [0.717, 1.165) is 18.4 Å². The third-order valence-corrected chi connectivity index (χ3v) is 3.07. The Labute approximate surface area is 85.7 Å². The Morgan fingerprint density at radius 1 is 1.38 bits per heavy atom. The van der Waals surface area contributed by atoms with Gasteiger partial charge in [0.2, 0.25) is 0 Å². The third-order valence-electron chi connectivity index (χ3n) is 2.46. The van der Waals surface area contributed by atoms with E-state index in [1.54, 1.807) is 0 Å². The highest BCUT2D eigenvalue weighted by atomic mass is 79.9. The standard InChI is InChI=1S/C10H9BrN2/c11-10-9(5-12)8-4-2-1-3-7(8)6-13-10/h6H,1-4H2. The molecule has 13 heavy (non-hydrogen) atoms. The first-order valence-electron chi connectivity index (χ1n) is 4.39. The molecule has 1 heterocycles. The minimum Gasteiger partial charge on any atom is -0.248 e. The summed E-state index contributed by atoms with van der Waals surface area (Å²) in [5, 5.41) is 8.95. The number of hydrogen-bond donors (Lipinski definition) is 0. The van der Waals surface area contributed by atoms with Gasteiger partial charge in [-0.15, -0.1) is 0 Å². The Bertz CT molecular complexity index is 379. The summed E-state index contributed by atoms with van der Waals surface area (Å²) >= 11 is 3.30. The van der Waals surface area contributed by atoms with Crippen molar-refractivity contribution >= 4 is 15.9 Å². The molecule has 66 valence electrons. The molecule has 3 heteroatoms. The summed E-state index contributed by atoms with van der Waals surface area (Å²) in [5.74, 6) is 0. The molecule has 0 aliphatic heterocycles. The average molecular weight is 237 g/mol. The number of nitriles is 1. The van der Waals surface area contributed by atoms with Crippen molar-refractivity contribution in [1.29, 1.82) is 5.26 Å². The summed E-state index contributed by atoms with van der Waals surface area (Å²) in [4.78, 5) is 4.16. The SMILES string of the molecule is N#Cc1c(Br)ncc2c1CCCC2. The quantitative estimate of drug-likeness (QED) is 0.650. The lowest BCUT2D eigenvalue weighted by Gasteiger charge is -2.16. The monoisotopic (exact) mass is 236 g/mol. The van der Waals surface area contributed by atoms with Crippen LogP contribution in [0.1, 0.15) is 29.5 Å². The lowest BCUT2D eigenvalue weighted by molar-refractivity contribution is 0.679. The number of rotatable bonds is 0. The van der Waals surface area contributed by atoms with Crippen molar-refractivity contribution in [3.05, 3.63) is 27.5 Å². The first kappa shape index (κ1) is 8.71. The minimum absolute atomic E-state index is 0.690. The number of fused-ring (bicyclic) bond motifs is 1. The van der Waals surface area contributed by atoms with Gasteiger partial charge in [0.1, 0.15) is 10.7 Å². The lowest BCUT2D eigenvalue weighted by Crippen LogP contribution is -2.06. The van der Waals surface area contributed by atoms with Crippen LogP contribution in [-0.2, 0) is 12.8 Å². The fourth-order valence-electron chi connectivity index (χ4n) is 1.79. The third kappa shape index (κ3) is 1.47. The van der Waals surface area contributed by atoms with Gasteiger partial charge in [-0.25, -0.2) is 4.98 Å². The first-order valence-corrected chi connectivity index (χ1v) is 5.18. The molecule has 0 spiro atoms. The first-order chi connectivity index (χ1) is 6.33. The second kappa shape index (κ2) is 3.47.